The molecule has 0 saturated carbocycles. The summed E-state index contributed by atoms with van der Waals surface area (Å²) in [6.07, 6.45) is 5.70. The molecule has 0 bridgehead atoms. The molecule has 3 aliphatic rings. The Labute approximate surface area is 232 Å². The first kappa shape index (κ1) is 27.0. The zero-order valence-electron chi connectivity index (χ0n) is 21.1. The van der Waals surface area contributed by atoms with Gasteiger partial charge < -0.3 is 14.2 Å². The number of furan rings is 1. The number of amides is 2. The SMILES string of the molecule is O=C1/C(=C/c2ccccc2)SC(=S)N1CCC(=O)N(Cc1ccc(N2CCCCC2)o1)C1CCS(=O)(=O)C1. The first-order chi connectivity index (χ1) is 18.3. The third kappa shape index (κ3) is 6.32. The van der Waals surface area contributed by atoms with Gasteiger partial charge in [0.1, 0.15) is 10.1 Å². The van der Waals surface area contributed by atoms with E-state index in [0.717, 1.165) is 37.4 Å². The van der Waals surface area contributed by atoms with Gasteiger partial charge in [0.15, 0.2) is 15.7 Å². The fourth-order valence-corrected chi connectivity index (χ4v) is 8.13. The molecule has 0 N–H and O–H groups in total. The van der Waals surface area contributed by atoms with Crippen LogP contribution in [0.2, 0.25) is 0 Å². The number of carbonyl (C=O) groups is 2. The van der Waals surface area contributed by atoms with Crippen LogP contribution in [0.15, 0.2) is 51.8 Å². The molecule has 0 spiro atoms. The molecule has 5 rings (SSSR count). The van der Waals surface area contributed by atoms with Crippen molar-refractivity contribution in [3.63, 3.8) is 0 Å². The minimum Gasteiger partial charge on any atom is -0.444 e. The van der Waals surface area contributed by atoms with Gasteiger partial charge in [0.05, 0.1) is 23.0 Å². The standard InChI is InChI=1S/C27H31N3O5S3/c31-24(11-15-29-26(32)23(37-27(29)36)17-20-7-3-1-4-8-20)30(21-12-16-38(33,34)19-21)18-22-9-10-25(35-22)28-13-5-2-6-14-28/h1,3-4,7-10,17,21H,2,5-6,11-16,18-19H2/b23-17-. The summed E-state index contributed by atoms with van der Waals surface area (Å²) in [6, 6.07) is 12.9. The van der Waals surface area contributed by atoms with E-state index in [1.807, 2.05) is 42.5 Å². The number of carbonyl (C=O) groups excluding carboxylic acids is 2. The molecule has 0 radical (unpaired) electrons. The smallest absolute Gasteiger partial charge is 0.266 e. The van der Waals surface area contributed by atoms with Gasteiger partial charge in [-0.3, -0.25) is 14.5 Å². The maximum atomic E-state index is 13.5. The third-order valence-corrected chi connectivity index (χ3v) is 10.3. The van der Waals surface area contributed by atoms with E-state index in [2.05, 4.69) is 4.90 Å². The van der Waals surface area contributed by atoms with E-state index in [0.29, 0.717) is 21.4 Å². The molecule has 202 valence electrons. The number of thiocarbonyl (C=S) groups is 1. The number of nitrogens with zero attached hydrogens (tertiary/aromatic N) is 3. The second-order valence-corrected chi connectivity index (χ2v) is 13.8. The highest BCUT2D eigenvalue weighted by Gasteiger charge is 2.37. The molecule has 3 saturated heterocycles. The Kier molecular flexibility index (Phi) is 8.25. The molecule has 2 amide bonds. The Morgan fingerprint density at radius 3 is 2.61 bits per heavy atom. The van der Waals surface area contributed by atoms with E-state index in [1.54, 1.807) is 11.0 Å². The summed E-state index contributed by atoms with van der Waals surface area (Å²) in [6.45, 7) is 2.22. The van der Waals surface area contributed by atoms with Crippen LogP contribution in [-0.4, -0.2) is 71.5 Å². The first-order valence-electron chi connectivity index (χ1n) is 12.9. The van der Waals surface area contributed by atoms with Crippen LogP contribution in [0.3, 0.4) is 0 Å². The zero-order valence-corrected chi connectivity index (χ0v) is 23.5. The highest BCUT2D eigenvalue weighted by Crippen LogP contribution is 2.33. The van der Waals surface area contributed by atoms with E-state index in [1.165, 1.54) is 23.1 Å². The predicted octanol–water partition coefficient (Wildman–Crippen LogP) is 4.08. The number of sulfone groups is 1. The number of thioether (sulfide) groups is 1. The van der Waals surface area contributed by atoms with Crippen LogP contribution >= 0.6 is 24.0 Å². The molecule has 3 aliphatic heterocycles. The van der Waals surface area contributed by atoms with Gasteiger partial charge in [-0.05, 0) is 43.4 Å². The van der Waals surface area contributed by atoms with Gasteiger partial charge in [0, 0.05) is 38.2 Å². The zero-order chi connectivity index (χ0) is 26.7. The molecular formula is C27H31N3O5S3. The molecule has 3 fully saturated rings. The minimum atomic E-state index is -3.19. The van der Waals surface area contributed by atoms with Crippen molar-refractivity contribution in [2.45, 2.75) is 44.7 Å². The molecule has 1 unspecified atom stereocenters. The van der Waals surface area contributed by atoms with E-state index in [-0.39, 0.29) is 42.8 Å². The Morgan fingerprint density at radius 1 is 1.13 bits per heavy atom. The number of benzene rings is 1. The normalized spacial score (nSPS) is 22.4. The van der Waals surface area contributed by atoms with Crippen molar-refractivity contribution in [3.05, 3.63) is 58.7 Å². The lowest BCUT2D eigenvalue weighted by Gasteiger charge is -2.29. The lowest BCUT2D eigenvalue weighted by Crippen LogP contribution is -2.42. The topological polar surface area (TPSA) is 91.1 Å². The number of hydrogen-bond donors (Lipinski definition) is 0. The van der Waals surface area contributed by atoms with Gasteiger partial charge in [0.2, 0.25) is 5.91 Å². The van der Waals surface area contributed by atoms with E-state index < -0.39 is 15.9 Å². The van der Waals surface area contributed by atoms with Crippen LogP contribution in [-0.2, 0) is 26.0 Å². The molecule has 11 heteroatoms. The third-order valence-electron chi connectivity index (χ3n) is 7.13. The molecule has 0 aliphatic carbocycles. The summed E-state index contributed by atoms with van der Waals surface area (Å²) in [5, 5.41) is 0. The largest absolute Gasteiger partial charge is 0.444 e. The van der Waals surface area contributed by atoms with Crippen molar-refractivity contribution in [1.82, 2.24) is 9.80 Å². The Bertz CT molecular complexity index is 1330. The lowest BCUT2D eigenvalue weighted by atomic mass is 10.1. The monoisotopic (exact) mass is 573 g/mol. The fraction of sp³-hybridized carbons (Fsp3) is 0.444. The van der Waals surface area contributed by atoms with Gasteiger partial charge in [-0.2, -0.15) is 0 Å². The molecule has 1 aromatic carbocycles. The molecule has 38 heavy (non-hydrogen) atoms. The quantitative estimate of drug-likeness (QED) is 0.345. The van der Waals surface area contributed by atoms with Crippen LogP contribution in [0.4, 0.5) is 5.88 Å². The van der Waals surface area contributed by atoms with E-state index in [9.17, 15) is 18.0 Å². The number of anilines is 1. The second-order valence-electron chi connectivity index (χ2n) is 9.86. The number of rotatable bonds is 8. The summed E-state index contributed by atoms with van der Waals surface area (Å²) in [4.78, 5) is 32.3. The van der Waals surface area contributed by atoms with E-state index >= 15 is 0 Å². The van der Waals surface area contributed by atoms with Gasteiger partial charge in [-0.25, -0.2) is 8.42 Å². The maximum Gasteiger partial charge on any atom is 0.266 e. The summed E-state index contributed by atoms with van der Waals surface area (Å²) >= 11 is 6.66. The molecule has 1 aromatic heterocycles. The summed E-state index contributed by atoms with van der Waals surface area (Å²) in [7, 11) is -3.19. The van der Waals surface area contributed by atoms with Crippen LogP contribution in [0.25, 0.3) is 6.08 Å². The van der Waals surface area contributed by atoms with Crippen molar-refractivity contribution in [2.75, 3.05) is 36.0 Å². The Morgan fingerprint density at radius 2 is 1.89 bits per heavy atom. The first-order valence-corrected chi connectivity index (χ1v) is 16.0. The summed E-state index contributed by atoms with van der Waals surface area (Å²) in [5.41, 5.74) is 0.903. The van der Waals surface area contributed by atoms with Crippen molar-refractivity contribution in [2.24, 2.45) is 0 Å². The van der Waals surface area contributed by atoms with Crippen LogP contribution < -0.4 is 4.90 Å². The van der Waals surface area contributed by atoms with Crippen molar-refractivity contribution >= 4 is 61.9 Å². The summed E-state index contributed by atoms with van der Waals surface area (Å²) < 4.78 is 30.9. The number of piperidine rings is 1. The van der Waals surface area contributed by atoms with E-state index in [4.69, 9.17) is 16.6 Å². The maximum absolute atomic E-state index is 13.5. The van der Waals surface area contributed by atoms with Crippen molar-refractivity contribution in [3.8, 4) is 0 Å². The van der Waals surface area contributed by atoms with Gasteiger partial charge >= 0.3 is 0 Å². The molecule has 1 atom stereocenters. The van der Waals surface area contributed by atoms with Crippen molar-refractivity contribution < 1.29 is 22.4 Å². The minimum absolute atomic E-state index is 0.0430. The second kappa shape index (κ2) is 11.6. The average molecular weight is 574 g/mol. The Hall–Kier alpha value is -2.63. The van der Waals surface area contributed by atoms with Gasteiger partial charge in [-0.1, -0.05) is 54.3 Å². The van der Waals surface area contributed by atoms with Crippen LogP contribution in [0, 0.1) is 0 Å². The lowest BCUT2D eigenvalue weighted by molar-refractivity contribution is -0.134. The predicted molar refractivity (Wildman–Crippen MR) is 153 cm³/mol. The van der Waals surface area contributed by atoms with Gasteiger partial charge in [-0.15, -0.1) is 0 Å². The average Bonchev–Trinajstić information content (AvgIpc) is 3.60. The van der Waals surface area contributed by atoms with Crippen molar-refractivity contribution in [1.29, 1.82) is 0 Å². The van der Waals surface area contributed by atoms with Gasteiger partial charge in [0.25, 0.3) is 5.91 Å². The highest BCUT2D eigenvalue weighted by molar-refractivity contribution is 8.26. The molecular weight excluding hydrogens is 543 g/mol. The molecule has 2 aromatic rings. The van der Waals surface area contributed by atoms with Crippen LogP contribution in [0.5, 0.6) is 0 Å². The fourth-order valence-electron chi connectivity index (χ4n) is 5.09. The highest BCUT2D eigenvalue weighted by atomic mass is 32.2. The molecule has 8 nitrogen and oxygen atoms in total. The summed E-state index contributed by atoms with van der Waals surface area (Å²) in [5.74, 6) is 0.984. The van der Waals surface area contributed by atoms with Crippen LogP contribution in [0.1, 0.15) is 43.4 Å². The molecule has 4 heterocycles. The Balaban J connectivity index is 1.27. The number of hydrogen-bond acceptors (Lipinski definition) is 8.